The van der Waals surface area contributed by atoms with E-state index in [4.69, 9.17) is 0 Å². The summed E-state index contributed by atoms with van der Waals surface area (Å²) in [4.78, 5) is 30.4. The number of allylic oxidation sites excluding steroid dienone is 4. The van der Waals surface area contributed by atoms with Crippen molar-refractivity contribution in [3.63, 3.8) is 0 Å². The zero-order valence-electron chi connectivity index (χ0n) is 12.9. The standard InChI is InChI=1S/C15H22N2O4/c1-10(18)14(11(2)19)8-16-6-5-7-17-9-15(12(3)20)13(4)21/h8-9,18,20H,5-7H2,1-4H3/b14-10+,15-12+,16-8?,17-9?. The number of nitrogens with zero attached hydrogens (tertiary/aromatic N) is 2. The first kappa shape index (κ1) is 18.8. The first-order chi connectivity index (χ1) is 9.77. The highest BCUT2D eigenvalue weighted by molar-refractivity contribution is 6.13. The minimum atomic E-state index is -0.244. The van der Waals surface area contributed by atoms with Crippen LogP contribution in [0.3, 0.4) is 0 Å². The molecule has 0 aliphatic heterocycles. The Hall–Kier alpha value is -2.24. The normalized spacial score (nSPS) is 14.3. The molecule has 0 aliphatic rings. The van der Waals surface area contributed by atoms with E-state index in [9.17, 15) is 19.8 Å². The van der Waals surface area contributed by atoms with Gasteiger partial charge in [-0.1, -0.05) is 0 Å². The zero-order valence-corrected chi connectivity index (χ0v) is 12.9. The van der Waals surface area contributed by atoms with Crippen LogP contribution in [0.5, 0.6) is 0 Å². The van der Waals surface area contributed by atoms with E-state index >= 15 is 0 Å². The number of hydrogen-bond donors (Lipinski definition) is 2. The van der Waals surface area contributed by atoms with E-state index in [-0.39, 0.29) is 34.2 Å². The Morgan fingerprint density at radius 1 is 0.810 bits per heavy atom. The molecule has 0 aromatic carbocycles. The van der Waals surface area contributed by atoms with E-state index in [1.54, 1.807) is 0 Å². The van der Waals surface area contributed by atoms with Crippen LogP contribution in [0.25, 0.3) is 0 Å². The highest BCUT2D eigenvalue weighted by atomic mass is 16.3. The molecular weight excluding hydrogens is 272 g/mol. The molecule has 0 rings (SSSR count). The second kappa shape index (κ2) is 9.63. The number of ketones is 2. The number of rotatable bonds is 8. The molecule has 0 aliphatic carbocycles. The first-order valence-corrected chi connectivity index (χ1v) is 6.58. The summed E-state index contributed by atoms with van der Waals surface area (Å²) in [5.41, 5.74) is 0.382. The average molecular weight is 294 g/mol. The maximum absolute atomic E-state index is 11.2. The Bertz CT molecular complexity index is 460. The van der Waals surface area contributed by atoms with Crippen molar-refractivity contribution >= 4 is 24.0 Å². The summed E-state index contributed by atoms with van der Waals surface area (Å²) in [5, 5.41) is 18.5. The van der Waals surface area contributed by atoms with E-state index in [1.807, 2.05) is 0 Å². The van der Waals surface area contributed by atoms with Crippen LogP contribution in [-0.2, 0) is 9.59 Å². The SMILES string of the molecule is CC(=O)/C(C=NCCCN=C/C(C(C)=O)=C(/C)O)=C(\C)O. The molecule has 0 aromatic rings. The van der Waals surface area contributed by atoms with Gasteiger partial charge in [-0.15, -0.1) is 0 Å². The second-order valence-corrected chi connectivity index (χ2v) is 4.53. The summed E-state index contributed by atoms with van der Waals surface area (Å²) in [7, 11) is 0. The van der Waals surface area contributed by atoms with Crippen molar-refractivity contribution in [2.75, 3.05) is 13.1 Å². The van der Waals surface area contributed by atoms with Crippen LogP contribution >= 0.6 is 0 Å². The predicted molar refractivity (Wildman–Crippen MR) is 83.4 cm³/mol. The average Bonchev–Trinajstić information content (AvgIpc) is 2.34. The number of aliphatic hydroxyl groups excluding tert-OH is 2. The molecule has 0 saturated heterocycles. The lowest BCUT2D eigenvalue weighted by atomic mass is 10.2. The van der Waals surface area contributed by atoms with Gasteiger partial charge in [0.15, 0.2) is 11.6 Å². The van der Waals surface area contributed by atoms with Crippen LogP contribution in [0.4, 0.5) is 0 Å². The van der Waals surface area contributed by atoms with E-state index in [2.05, 4.69) is 9.98 Å². The van der Waals surface area contributed by atoms with Crippen LogP contribution in [0, 0.1) is 0 Å². The fraction of sp³-hybridized carbons (Fsp3) is 0.467. The summed E-state index contributed by atoms with van der Waals surface area (Å²) in [6.45, 7) is 6.47. The van der Waals surface area contributed by atoms with Crippen molar-refractivity contribution in [3.05, 3.63) is 22.7 Å². The van der Waals surface area contributed by atoms with Gasteiger partial charge in [0.2, 0.25) is 0 Å². The third kappa shape index (κ3) is 7.81. The highest BCUT2D eigenvalue weighted by Gasteiger charge is 2.04. The number of Topliss-reactive ketones (excluding diaryl/α,β-unsaturated/α-hetero) is 2. The maximum Gasteiger partial charge on any atom is 0.164 e. The molecule has 116 valence electrons. The molecule has 6 nitrogen and oxygen atoms in total. The molecule has 0 amide bonds. The minimum absolute atomic E-state index is 0.0565. The minimum Gasteiger partial charge on any atom is -0.512 e. The molecule has 0 spiro atoms. The molecular formula is C15H22N2O4. The number of aliphatic hydroxyl groups is 2. The molecule has 0 unspecified atom stereocenters. The van der Waals surface area contributed by atoms with Crippen molar-refractivity contribution in [3.8, 4) is 0 Å². The number of carbonyl (C=O) groups excluding carboxylic acids is 2. The highest BCUT2D eigenvalue weighted by Crippen LogP contribution is 2.01. The Balaban J connectivity index is 4.31. The van der Waals surface area contributed by atoms with E-state index in [1.165, 1.54) is 40.1 Å². The Labute approximate surface area is 124 Å². The van der Waals surface area contributed by atoms with Gasteiger partial charge < -0.3 is 10.2 Å². The lowest BCUT2D eigenvalue weighted by Gasteiger charge is -1.98. The van der Waals surface area contributed by atoms with Gasteiger partial charge >= 0.3 is 0 Å². The van der Waals surface area contributed by atoms with Gasteiger partial charge in [0.1, 0.15) is 11.5 Å². The monoisotopic (exact) mass is 294 g/mol. The number of aliphatic imine (C=N–C) groups is 2. The fourth-order valence-corrected chi connectivity index (χ4v) is 1.44. The van der Waals surface area contributed by atoms with E-state index < -0.39 is 0 Å². The Morgan fingerprint density at radius 3 is 1.38 bits per heavy atom. The lowest BCUT2D eigenvalue weighted by molar-refractivity contribution is -0.114. The van der Waals surface area contributed by atoms with Gasteiger partial charge in [0, 0.05) is 25.5 Å². The molecule has 6 heteroatoms. The van der Waals surface area contributed by atoms with Crippen LogP contribution in [0.2, 0.25) is 0 Å². The van der Waals surface area contributed by atoms with Crippen LogP contribution in [-0.4, -0.2) is 47.3 Å². The molecule has 0 radical (unpaired) electrons. The number of hydrogen-bond acceptors (Lipinski definition) is 6. The van der Waals surface area contributed by atoms with Gasteiger partial charge in [-0.2, -0.15) is 0 Å². The predicted octanol–water partition coefficient (Wildman–Crippen LogP) is 2.36. The van der Waals surface area contributed by atoms with Crippen molar-refractivity contribution in [2.45, 2.75) is 34.1 Å². The summed E-state index contributed by atoms with van der Waals surface area (Å²) < 4.78 is 0. The van der Waals surface area contributed by atoms with Crippen molar-refractivity contribution < 1.29 is 19.8 Å². The number of carbonyl (C=O) groups is 2. The van der Waals surface area contributed by atoms with E-state index in [0.717, 1.165) is 0 Å². The summed E-state index contributed by atoms with van der Waals surface area (Å²) >= 11 is 0. The van der Waals surface area contributed by atoms with E-state index in [0.29, 0.717) is 19.5 Å². The lowest BCUT2D eigenvalue weighted by Crippen LogP contribution is -2.03. The van der Waals surface area contributed by atoms with Gasteiger partial charge in [-0.3, -0.25) is 19.6 Å². The molecule has 0 atom stereocenters. The van der Waals surface area contributed by atoms with Gasteiger partial charge in [0.05, 0.1) is 11.1 Å². The molecule has 0 aromatic heterocycles. The smallest absolute Gasteiger partial charge is 0.164 e. The van der Waals surface area contributed by atoms with Crippen LogP contribution < -0.4 is 0 Å². The van der Waals surface area contributed by atoms with Gasteiger partial charge in [0.25, 0.3) is 0 Å². The first-order valence-electron chi connectivity index (χ1n) is 6.58. The van der Waals surface area contributed by atoms with Gasteiger partial charge in [-0.25, -0.2) is 0 Å². The van der Waals surface area contributed by atoms with Crippen molar-refractivity contribution in [1.82, 2.24) is 0 Å². The Morgan fingerprint density at radius 2 is 1.14 bits per heavy atom. The second-order valence-electron chi connectivity index (χ2n) is 4.53. The summed E-state index contributed by atoms with van der Waals surface area (Å²) in [6.07, 6.45) is 3.32. The third-order valence-electron chi connectivity index (χ3n) is 2.55. The maximum atomic E-state index is 11.2. The van der Waals surface area contributed by atoms with Crippen LogP contribution in [0.15, 0.2) is 32.6 Å². The fourth-order valence-electron chi connectivity index (χ4n) is 1.44. The molecule has 0 fully saturated rings. The quantitative estimate of drug-likeness (QED) is 0.310. The summed E-state index contributed by atoms with van der Waals surface area (Å²) in [6, 6.07) is 0. The summed E-state index contributed by atoms with van der Waals surface area (Å²) in [5.74, 6) is -0.601. The molecule has 21 heavy (non-hydrogen) atoms. The molecule has 0 heterocycles. The van der Waals surface area contributed by atoms with Crippen LogP contribution in [0.1, 0.15) is 34.1 Å². The molecule has 2 N–H and O–H groups in total. The van der Waals surface area contributed by atoms with Crippen molar-refractivity contribution in [1.29, 1.82) is 0 Å². The molecule has 0 bridgehead atoms. The Kier molecular flexibility index (Phi) is 8.60. The topological polar surface area (TPSA) is 99.3 Å². The zero-order chi connectivity index (χ0) is 16.4. The van der Waals surface area contributed by atoms with Crippen molar-refractivity contribution in [2.24, 2.45) is 9.98 Å². The largest absolute Gasteiger partial charge is 0.512 e. The molecule has 0 saturated carbocycles. The third-order valence-corrected chi connectivity index (χ3v) is 2.55. The van der Waals surface area contributed by atoms with Gasteiger partial charge in [-0.05, 0) is 34.1 Å².